The summed E-state index contributed by atoms with van der Waals surface area (Å²) in [7, 11) is 0. The molecule has 3 aromatic rings. The smallest absolute Gasteiger partial charge is 0.156 e. The first-order valence-corrected chi connectivity index (χ1v) is 7.62. The van der Waals surface area contributed by atoms with Crippen molar-refractivity contribution in [2.45, 2.75) is 18.9 Å². The second-order valence-corrected chi connectivity index (χ2v) is 5.57. The number of hydrogen-bond acceptors (Lipinski definition) is 5. The molecule has 1 aliphatic rings. The van der Waals surface area contributed by atoms with Crippen molar-refractivity contribution >= 4 is 17.0 Å². The average Bonchev–Trinajstić information content (AvgIpc) is 3.00. The van der Waals surface area contributed by atoms with Crippen LogP contribution in [-0.4, -0.2) is 39.1 Å². The fourth-order valence-corrected chi connectivity index (χ4v) is 2.88. The molecule has 1 aliphatic heterocycles. The highest BCUT2D eigenvalue weighted by Crippen LogP contribution is 2.26. The van der Waals surface area contributed by atoms with Crippen molar-refractivity contribution in [3.63, 3.8) is 0 Å². The number of nitrogens with zero attached hydrogens (tertiary/aromatic N) is 3. The number of aromatic amines is 1. The van der Waals surface area contributed by atoms with E-state index in [1.165, 1.54) is 0 Å². The van der Waals surface area contributed by atoms with Gasteiger partial charge >= 0.3 is 0 Å². The minimum absolute atomic E-state index is 0.466. The van der Waals surface area contributed by atoms with E-state index in [9.17, 15) is 0 Å². The van der Waals surface area contributed by atoms with Crippen molar-refractivity contribution in [1.82, 2.24) is 25.3 Å². The Morgan fingerprint density at radius 1 is 1.18 bits per heavy atom. The molecule has 1 saturated heterocycles. The SMILES string of the molecule is c1cncc(-c2c[nH]c3ncc(NC4CCNCC4)nc23)c1. The van der Waals surface area contributed by atoms with Crippen LogP contribution in [0.25, 0.3) is 22.3 Å². The maximum absolute atomic E-state index is 4.75. The van der Waals surface area contributed by atoms with Gasteiger partial charge in [-0.15, -0.1) is 0 Å². The summed E-state index contributed by atoms with van der Waals surface area (Å²) < 4.78 is 0. The number of fused-ring (bicyclic) bond motifs is 1. The lowest BCUT2D eigenvalue weighted by molar-refractivity contribution is 0.478. The lowest BCUT2D eigenvalue weighted by Crippen LogP contribution is -2.35. The molecular formula is C16H18N6. The van der Waals surface area contributed by atoms with Crippen LogP contribution in [0.5, 0.6) is 0 Å². The summed E-state index contributed by atoms with van der Waals surface area (Å²) in [6.45, 7) is 2.11. The molecule has 3 N–H and O–H groups in total. The molecule has 112 valence electrons. The summed E-state index contributed by atoms with van der Waals surface area (Å²) in [4.78, 5) is 16.6. The quantitative estimate of drug-likeness (QED) is 0.690. The summed E-state index contributed by atoms with van der Waals surface area (Å²) in [6, 6.07) is 4.43. The van der Waals surface area contributed by atoms with Crippen molar-refractivity contribution < 1.29 is 0 Å². The number of H-pyrrole nitrogens is 1. The first kappa shape index (κ1) is 13.2. The van der Waals surface area contributed by atoms with Gasteiger partial charge in [0.2, 0.25) is 0 Å². The van der Waals surface area contributed by atoms with Gasteiger partial charge in [-0.25, -0.2) is 9.97 Å². The molecule has 0 amide bonds. The van der Waals surface area contributed by atoms with Crippen LogP contribution in [-0.2, 0) is 0 Å². The first-order chi connectivity index (χ1) is 10.9. The van der Waals surface area contributed by atoms with Crippen LogP contribution >= 0.6 is 0 Å². The van der Waals surface area contributed by atoms with Crippen LogP contribution in [0.3, 0.4) is 0 Å². The zero-order valence-electron chi connectivity index (χ0n) is 12.2. The lowest BCUT2D eigenvalue weighted by atomic mass is 10.1. The summed E-state index contributed by atoms with van der Waals surface area (Å²) in [6.07, 6.45) is 9.58. The lowest BCUT2D eigenvalue weighted by Gasteiger charge is -2.23. The number of hydrogen-bond donors (Lipinski definition) is 3. The third-order valence-electron chi connectivity index (χ3n) is 4.04. The van der Waals surface area contributed by atoms with Crippen molar-refractivity contribution in [2.24, 2.45) is 0 Å². The molecule has 3 aromatic heterocycles. The van der Waals surface area contributed by atoms with Gasteiger partial charge in [-0.05, 0) is 32.0 Å². The van der Waals surface area contributed by atoms with Crippen LogP contribution in [0.2, 0.25) is 0 Å². The number of piperidine rings is 1. The average molecular weight is 294 g/mol. The maximum Gasteiger partial charge on any atom is 0.156 e. The van der Waals surface area contributed by atoms with Gasteiger partial charge in [-0.2, -0.15) is 0 Å². The molecule has 1 fully saturated rings. The number of aromatic nitrogens is 4. The Morgan fingerprint density at radius 3 is 2.91 bits per heavy atom. The van der Waals surface area contributed by atoms with E-state index in [2.05, 4.69) is 25.6 Å². The zero-order valence-corrected chi connectivity index (χ0v) is 12.2. The van der Waals surface area contributed by atoms with E-state index in [0.717, 1.165) is 54.0 Å². The Kier molecular flexibility index (Phi) is 3.44. The topological polar surface area (TPSA) is 78.5 Å². The predicted octanol–water partition coefficient (Wildman–Crippen LogP) is 2.18. The van der Waals surface area contributed by atoms with Gasteiger partial charge in [0.05, 0.1) is 6.20 Å². The minimum Gasteiger partial charge on any atom is -0.366 e. The first-order valence-electron chi connectivity index (χ1n) is 7.62. The van der Waals surface area contributed by atoms with Crippen LogP contribution in [0.15, 0.2) is 36.9 Å². The van der Waals surface area contributed by atoms with Crippen molar-refractivity contribution in [2.75, 3.05) is 18.4 Å². The van der Waals surface area contributed by atoms with Gasteiger partial charge in [0.25, 0.3) is 0 Å². The number of rotatable bonds is 3. The molecule has 22 heavy (non-hydrogen) atoms. The highest BCUT2D eigenvalue weighted by molar-refractivity contribution is 5.90. The van der Waals surface area contributed by atoms with Crippen LogP contribution < -0.4 is 10.6 Å². The van der Waals surface area contributed by atoms with E-state index in [1.54, 1.807) is 12.4 Å². The minimum atomic E-state index is 0.466. The molecule has 6 nitrogen and oxygen atoms in total. The van der Waals surface area contributed by atoms with E-state index in [1.807, 2.05) is 24.5 Å². The number of anilines is 1. The Labute approximate surface area is 128 Å². The summed E-state index contributed by atoms with van der Waals surface area (Å²) >= 11 is 0. The Bertz CT molecular complexity index is 761. The molecule has 0 saturated carbocycles. The van der Waals surface area contributed by atoms with Crippen LogP contribution in [0, 0.1) is 0 Å². The molecule has 0 bridgehead atoms. The predicted molar refractivity (Wildman–Crippen MR) is 86.6 cm³/mol. The molecule has 4 rings (SSSR count). The van der Waals surface area contributed by atoms with Crippen molar-refractivity contribution in [3.05, 3.63) is 36.9 Å². The van der Waals surface area contributed by atoms with Gasteiger partial charge < -0.3 is 15.6 Å². The largest absolute Gasteiger partial charge is 0.366 e. The standard InChI is InChI=1S/C16H18N6/c1-2-11(8-18-5-1)13-9-19-16-15(13)22-14(10-20-16)21-12-3-6-17-7-4-12/h1-2,5,8-10,12,17H,3-4,6-7H2,(H,19,20)(H,21,22). The molecule has 4 heterocycles. The van der Waals surface area contributed by atoms with Gasteiger partial charge in [0, 0.05) is 35.8 Å². The van der Waals surface area contributed by atoms with Crippen LogP contribution in [0.4, 0.5) is 5.82 Å². The monoisotopic (exact) mass is 294 g/mol. The maximum atomic E-state index is 4.75. The molecule has 0 unspecified atom stereocenters. The number of pyridine rings is 1. The fourth-order valence-electron chi connectivity index (χ4n) is 2.88. The third-order valence-corrected chi connectivity index (χ3v) is 4.04. The third kappa shape index (κ3) is 2.53. The Balaban J connectivity index is 1.67. The van der Waals surface area contributed by atoms with E-state index < -0.39 is 0 Å². The van der Waals surface area contributed by atoms with Crippen molar-refractivity contribution in [3.8, 4) is 11.1 Å². The highest BCUT2D eigenvalue weighted by atomic mass is 15.1. The van der Waals surface area contributed by atoms with E-state index in [4.69, 9.17) is 4.98 Å². The molecule has 0 atom stereocenters. The second kappa shape index (κ2) is 5.73. The summed E-state index contributed by atoms with van der Waals surface area (Å²) in [5, 5.41) is 6.87. The number of nitrogens with one attached hydrogen (secondary N) is 3. The van der Waals surface area contributed by atoms with Gasteiger partial charge in [0.15, 0.2) is 5.65 Å². The fraction of sp³-hybridized carbons (Fsp3) is 0.312. The van der Waals surface area contributed by atoms with E-state index in [0.29, 0.717) is 6.04 Å². The van der Waals surface area contributed by atoms with E-state index in [-0.39, 0.29) is 0 Å². The second-order valence-electron chi connectivity index (χ2n) is 5.57. The molecule has 0 radical (unpaired) electrons. The van der Waals surface area contributed by atoms with Gasteiger partial charge in [-0.1, -0.05) is 6.07 Å². The van der Waals surface area contributed by atoms with Gasteiger partial charge in [0.1, 0.15) is 11.3 Å². The molecular weight excluding hydrogens is 276 g/mol. The molecule has 0 spiro atoms. The van der Waals surface area contributed by atoms with Gasteiger partial charge in [-0.3, -0.25) is 4.98 Å². The normalized spacial score (nSPS) is 16.0. The highest BCUT2D eigenvalue weighted by Gasteiger charge is 2.15. The summed E-state index contributed by atoms with van der Waals surface area (Å²) in [5.74, 6) is 0.837. The summed E-state index contributed by atoms with van der Waals surface area (Å²) in [5.41, 5.74) is 3.76. The molecule has 6 heteroatoms. The molecule has 0 aliphatic carbocycles. The Morgan fingerprint density at radius 2 is 2.09 bits per heavy atom. The molecule has 0 aromatic carbocycles. The van der Waals surface area contributed by atoms with Crippen LogP contribution in [0.1, 0.15) is 12.8 Å². The van der Waals surface area contributed by atoms with E-state index >= 15 is 0 Å². The van der Waals surface area contributed by atoms with Crippen molar-refractivity contribution in [1.29, 1.82) is 0 Å². The zero-order chi connectivity index (χ0) is 14.8. The Hall–Kier alpha value is -2.47.